The Hall–Kier alpha value is -1.11. The van der Waals surface area contributed by atoms with Crippen LogP contribution in [0.1, 0.15) is 11.1 Å². The molecule has 0 aliphatic carbocycles. The maximum Gasteiger partial charge on any atom is 0.416 e. The molecule has 2 rings (SSSR count). The summed E-state index contributed by atoms with van der Waals surface area (Å²) in [6.45, 7) is 3.51. The number of nitrogens with one attached hydrogen (secondary N) is 1. The van der Waals surface area contributed by atoms with Crippen molar-refractivity contribution in [1.82, 2.24) is 10.2 Å². The third-order valence-corrected chi connectivity index (χ3v) is 3.30. The summed E-state index contributed by atoms with van der Waals surface area (Å²) in [6.07, 6.45) is -4.19. The highest BCUT2D eigenvalue weighted by molar-refractivity contribution is 5.25. The largest absolute Gasteiger partial charge is 0.416 e. The molecular formula is C14H19F3N2O. The molecule has 1 saturated heterocycles. The van der Waals surface area contributed by atoms with Gasteiger partial charge >= 0.3 is 6.18 Å². The number of alkyl halides is 3. The van der Waals surface area contributed by atoms with Crippen molar-refractivity contribution in [2.45, 2.75) is 18.8 Å². The van der Waals surface area contributed by atoms with Gasteiger partial charge < -0.3 is 15.0 Å². The summed E-state index contributed by atoms with van der Waals surface area (Å²) in [5.41, 5.74) is 0.0226. The standard InChI is InChI=1S/C14H19F3N2O/c1-19-5-6-20-13(10-19)9-18-8-11-3-2-4-12(7-11)14(15,16)17/h2-4,7,13,18H,5-6,8-10H2,1H3/t13-/m1/s1. The first-order valence-electron chi connectivity index (χ1n) is 6.62. The van der Waals surface area contributed by atoms with Crippen LogP contribution in [0.4, 0.5) is 13.2 Å². The van der Waals surface area contributed by atoms with Crippen LogP contribution < -0.4 is 5.32 Å². The molecule has 6 heteroatoms. The first-order valence-corrected chi connectivity index (χ1v) is 6.62. The van der Waals surface area contributed by atoms with Crippen molar-refractivity contribution in [3.63, 3.8) is 0 Å². The molecule has 0 amide bonds. The summed E-state index contributed by atoms with van der Waals surface area (Å²) in [6, 6.07) is 5.39. The normalized spacial score (nSPS) is 21.1. The number of benzene rings is 1. The first-order chi connectivity index (χ1) is 9.45. The van der Waals surface area contributed by atoms with E-state index in [9.17, 15) is 13.2 Å². The predicted molar refractivity (Wildman–Crippen MR) is 70.4 cm³/mol. The fraction of sp³-hybridized carbons (Fsp3) is 0.571. The number of likely N-dealkylation sites (N-methyl/N-ethyl adjacent to an activating group) is 1. The van der Waals surface area contributed by atoms with Gasteiger partial charge in [-0.05, 0) is 18.7 Å². The van der Waals surface area contributed by atoms with Gasteiger partial charge in [0.1, 0.15) is 0 Å². The van der Waals surface area contributed by atoms with Crippen molar-refractivity contribution in [2.75, 3.05) is 33.3 Å². The molecule has 1 aromatic carbocycles. The Morgan fingerprint density at radius 1 is 1.40 bits per heavy atom. The highest BCUT2D eigenvalue weighted by Crippen LogP contribution is 2.29. The van der Waals surface area contributed by atoms with Crippen molar-refractivity contribution in [3.8, 4) is 0 Å². The molecule has 0 aromatic heterocycles. The smallest absolute Gasteiger partial charge is 0.374 e. The van der Waals surface area contributed by atoms with Crippen LogP contribution in [0.5, 0.6) is 0 Å². The van der Waals surface area contributed by atoms with Gasteiger partial charge in [-0.15, -0.1) is 0 Å². The fourth-order valence-electron chi connectivity index (χ4n) is 2.23. The van der Waals surface area contributed by atoms with Crippen LogP contribution in [0.25, 0.3) is 0 Å². The third kappa shape index (κ3) is 4.47. The van der Waals surface area contributed by atoms with Crippen molar-refractivity contribution in [2.24, 2.45) is 0 Å². The van der Waals surface area contributed by atoms with Gasteiger partial charge in [-0.2, -0.15) is 13.2 Å². The SMILES string of the molecule is CN1CCO[C@H](CNCc2cccc(C(F)(F)F)c2)C1. The van der Waals surface area contributed by atoms with Crippen LogP contribution in [0.15, 0.2) is 24.3 Å². The van der Waals surface area contributed by atoms with E-state index < -0.39 is 11.7 Å². The molecule has 0 unspecified atom stereocenters. The zero-order chi connectivity index (χ0) is 14.6. The number of rotatable bonds is 4. The molecule has 1 heterocycles. The summed E-state index contributed by atoms with van der Waals surface area (Å²) in [4.78, 5) is 2.18. The molecule has 0 spiro atoms. The average molecular weight is 288 g/mol. The number of hydrogen-bond acceptors (Lipinski definition) is 3. The third-order valence-electron chi connectivity index (χ3n) is 3.30. The molecule has 1 aliphatic heterocycles. The number of nitrogens with zero attached hydrogens (tertiary/aromatic N) is 1. The monoisotopic (exact) mass is 288 g/mol. The number of halogens is 3. The molecule has 0 saturated carbocycles. The van der Waals surface area contributed by atoms with Gasteiger partial charge in [0.25, 0.3) is 0 Å². The lowest BCUT2D eigenvalue weighted by Gasteiger charge is -2.30. The van der Waals surface area contributed by atoms with Crippen LogP contribution in [-0.4, -0.2) is 44.3 Å². The summed E-state index contributed by atoms with van der Waals surface area (Å²) in [7, 11) is 2.03. The molecular weight excluding hydrogens is 269 g/mol. The van der Waals surface area contributed by atoms with E-state index in [1.165, 1.54) is 12.1 Å². The van der Waals surface area contributed by atoms with E-state index in [-0.39, 0.29) is 6.10 Å². The second-order valence-electron chi connectivity index (χ2n) is 5.08. The highest BCUT2D eigenvalue weighted by Gasteiger charge is 2.30. The molecule has 3 nitrogen and oxygen atoms in total. The molecule has 112 valence electrons. The van der Waals surface area contributed by atoms with Crippen molar-refractivity contribution in [3.05, 3.63) is 35.4 Å². The number of morpholine rings is 1. The van der Waals surface area contributed by atoms with Crippen LogP contribution >= 0.6 is 0 Å². The van der Waals surface area contributed by atoms with Crippen molar-refractivity contribution >= 4 is 0 Å². The topological polar surface area (TPSA) is 24.5 Å². The van der Waals surface area contributed by atoms with Gasteiger partial charge in [0.2, 0.25) is 0 Å². The molecule has 1 atom stereocenters. The Morgan fingerprint density at radius 2 is 2.20 bits per heavy atom. The van der Waals surface area contributed by atoms with Crippen LogP contribution in [0, 0.1) is 0 Å². The van der Waals surface area contributed by atoms with Gasteiger partial charge in [-0.1, -0.05) is 18.2 Å². The maximum atomic E-state index is 12.6. The van der Waals surface area contributed by atoms with E-state index in [1.54, 1.807) is 6.07 Å². The minimum atomic E-state index is -4.29. The molecule has 20 heavy (non-hydrogen) atoms. The molecule has 0 radical (unpaired) electrons. The van der Waals surface area contributed by atoms with E-state index in [1.807, 2.05) is 7.05 Å². The Bertz CT molecular complexity index is 437. The molecule has 1 N–H and O–H groups in total. The number of ether oxygens (including phenoxy) is 1. The minimum absolute atomic E-state index is 0.0968. The molecule has 1 aliphatic rings. The van der Waals surface area contributed by atoms with Gasteiger partial charge in [-0.3, -0.25) is 0 Å². The Labute approximate surface area is 116 Å². The van der Waals surface area contributed by atoms with Crippen molar-refractivity contribution < 1.29 is 17.9 Å². The van der Waals surface area contributed by atoms with Crippen LogP contribution in [-0.2, 0) is 17.5 Å². The summed E-state index contributed by atoms with van der Waals surface area (Å²) in [5.74, 6) is 0. The fourth-order valence-corrected chi connectivity index (χ4v) is 2.23. The lowest BCUT2D eigenvalue weighted by Crippen LogP contribution is -2.44. The predicted octanol–water partition coefficient (Wildman–Crippen LogP) is 2.13. The Kier molecular flexibility index (Phi) is 5.01. The molecule has 0 bridgehead atoms. The van der Waals surface area contributed by atoms with Gasteiger partial charge in [0.15, 0.2) is 0 Å². The second kappa shape index (κ2) is 6.56. The quantitative estimate of drug-likeness (QED) is 0.918. The lowest BCUT2D eigenvalue weighted by molar-refractivity contribution is -0.137. The van der Waals surface area contributed by atoms with Crippen LogP contribution in [0.3, 0.4) is 0 Å². The Morgan fingerprint density at radius 3 is 2.90 bits per heavy atom. The number of hydrogen-bond donors (Lipinski definition) is 1. The second-order valence-corrected chi connectivity index (χ2v) is 5.08. The van der Waals surface area contributed by atoms with Crippen LogP contribution in [0.2, 0.25) is 0 Å². The Balaban J connectivity index is 1.82. The average Bonchev–Trinajstić information content (AvgIpc) is 2.38. The van der Waals surface area contributed by atoms with Crippen molar-refractivity contribution in [1.29, 1.82) is 0 Å². The van der Waals surface area contributed by atoms with E-state index >= 15 is 0 Å². The summed E-state index contributed by atoms with van der Waals surface area (Å²) >= 11 is 0. The highest BCUT2D eigenvalue weighted by atomic mass is 19.4. The molecule has 1 aromatic rings. The summed E-state index contributed by atoms with van der Waals surface area (Å²) in [5, 5.41) is 3.15. The lowest BCUT2D eigenvalue weighted by atomic mass is 10.1. The summed E-state index contributed by atoms with van der Waals surface area (Å²) < 4.78 is 43.3. The minimum Gasteiger partial charge on any atom is -0.374 e. The zero-order valence-corrected chi connectivity index (χ0v) is 11.4. The van der Waals surface area contributed by atoms with Gasteiger partial charge in [0.05, 0.1) is 18.3 Å². The van der Waals surface area contributed by atoms with E-state index in [2.05, 4.69) is 10.2 Å². The van der Waals surface area contributed by atoms with E-state index in [0.717, 1.165) is 19.2 Å². The first kappa shape index (κ1) is 15.3. The van der Waals surface area contributed by atoms with Gasteiger partial charge in [-0.25, -0.2) is 0 Å². The molecule has 1 fully saturated rings. The van der Waals surface area contributed by atoms with Gasteiger partial charge in [0, 0.05) is 26.2 Å². The van der Waals surface area contributed by atoms with E-state index in [0.29, 0.717) is 25.3 Å². The zero-order valence-electron chi connectivity index (χ0n) is 11.4. The van der Waals surface area contributed by atoms with E-state index in [4.69, 9.17) is 4.74 Å². The maximum absolute atomic E-state index is 12.6.